The summed E-state index contributed by atoms with van der Waals surface area (Å²) in [5.74, 6) is 1.72. The maximum Gasteiger partial charge on any atom is 0.119 e. The van der Waals surface area contributed by atoms with Crippen molar-refractivity contribution in [1.29, 1.82) is 0 Å². The van der Waals surface area contributed by atoms with Crippen LogP contribution in [0.1, 0.15) is 0 Å². The zero-order chi connectivity index (χ0) is 12.5. The normalized spacial score (nSPS) is 14.3. The van der Waals surface area contributed by atoms with Crippen LogP contribution in [-0.4, -0.2) is 35.9 Å². The number of rotatable bonds is 8. The van der Waals surface area contributed by atoms with Gasteiger partial charge < -0.3 is 9.47 Å². The van der Waals surface area contributed by atoms with E-state index in [9.17, 15) is 0 Å². The van der Waals surface area contributed by atoms with Gasteiger partial charge in [-0.05, 0) is 12.1 Å². The largest absolute Gasteiger partial charge is 0.491 e. The number of hydrogen-bond acceptors (Lipinski definition) is 2. The summed E-state index contributed by atoms with van der Waals surface area (Å²) in [6.07, 6.45) is -0.0893. The molecular weight excluding hydrogens is 327 g/mol. The molecule has 17 heavy (non-hydrogen) atoms. The van der Waals surface area contributed by atoms with Gasteiger partial charge in [-0.25, -0.2) is 0 Å². The molecule has 0 heterocycles. The molecule has 0 aliphatic carbocycles. The fourth-order valence-corrected chi connectivity index (χ4v) is 2.28. The first-order valence-electron chi connectivity index (χ1n) is 5.33. The predicted octanol–water partition coefficient (Wildman–Crippen LogP) is 3.69. The van der Waals surface area contributed by atoms with E-state index < -0.39 is 0 Å². The standard InChI is InChI=1S/C12H15BrCl2O2/c13-11(8-14)12(9-15)17-7-6-16-10-4-2-1-3-5-10/h1-5,11-12H,6-9H2. The minimum absolute atomic E-state index is 0.0680. The second kappa shape index (κ2) is 9.03. The molecule has 1 rings (SSSR count). The van der Waals surface area contributed by atoms with E-state index in [4.69, 9.17) is 32.7 Å². The van der Waals surface area contributed by atoms with Crippen molar-refractivity contribution in [2.75, 3.05) is 25.0 Å². The highest BCUT2D eigenvalue weighted by atomic mass is 79.9. The summed E-state index contributed by atoms with van der Waals surface area (Å²) < 4.78 is 11.1. The van der Waals surface area contributed by atoms with Gasteiger partial charge in [0.2, 0.25) is 0 Å². The van der Waals surface area contributed by atoms with E-state index in [0.29, 0.717) is 25.0 Å². The number of benzene rings is 1. The average molecular weight is 342 g/mol. The second-order valence-electron chi connectivity index (χ2n) is 3.40. The van der Waals surface area contributed by atoms with Crippen LogP contribution in [0.4, 0.5) is 0 Å². The highest BCUT2D eigenvalue weighted by Crippen LogP contribution is 2.13. The summed E-state index contributed by atoms with van der Waals surface area (Å²) in [6.45, 7) is 0.991. The Bertz CT molecular complexity index is 298. The molecule has 0 saturated heterocycles. The Balaban J connectivity index is 2.19. The zero-order valence-electron chi connectivity index (χ0n) is 9.32. The summed E-state index contributed by atoms with van der Waals surface area (Å²) in [5, 5.41) is 0. The molecule has 0 bridgehead atoms. The van der Waals surface area contributed by atoms with Crippen LogP contribution in [0.3, 0.4) is 0 Å². The molecule has 0 aliphatic rings. The maximum atomic E-state index is 5.78. The Hall–Kier alpha value is 0.0400. The molecule has 0 fully saturated rings. The summed E-state index contributed by atoms with van der Waals surface area (Å²) in [6, 6.07) is 9.62. The monoisotopic (exact) mass is 340 g/mol. The molecule has 0 aliphatic heterocycles. The molecule has 0 radical (unpaired) electrons. The lowest BCUT2D eigenvalue weighted by molar-refractivity contribution is 0.0491. The first kappa shape index (κ1) is 15.1. The number of ether oxygens (including phenoxy) is 2. The molecule has 0 N–H and O–H groups in total. The van der Waals surface area contributed by atoms with Crippen molar-refractivity contribution in [2.24, 2.45) is 0 Å². The Kier molecular flexibility index (Phi) is 8.02. The Morgan fingerprint density at radius 2 is 1.76 bits per heavy atom. The van der Waals surface area contributed by atoms with E-state index in [2.05, 4.69) is 15.9 Å². The third-order valence-corrected chi connectivity index (χ3v) is 4.05. The number of alkyl halides is 3. The van der Waals surface area contributed by atoms with Crippen LogP contribution in [0.2, 0.25) is 0 Å². The minimum Gasteiger partial charge on any atom is -0.491 e. The smallest absolute Gasteiger partial charge is 0.119 e. The lowest BCUT2D eigenvalue weighted by Gasteiger charge is -2.19. The first-order valence-corrected chi connectivity index (χ1v) is 7.32. The average Bonchev–Trinajstić information content (AvgIpc) is 2.39. The van der Waals surface area contributed by atoms with Gasteiger partial charge in [0.1, 0.15) is 12.4 Å². The van der Waals surface area contributed by atoms with Crippen LogP contribution < -0.4 is 4.74 Å². The van der Waals surface area contributed by atoms with Crippen molar-refractivity contribution in [3.8, 4) is 5.75 Å². The summed E-state index contributed by atoms with van der Waals surface area (Å²) in [5.41, 5.74) is 0. The van der Waals surface area contributed by atoms with Crippen molar-refractivity contribution in [3.05, 3.63) is 30.3 Å². The van der Waals surface area contributed by atoms with Crippen molar-refractivity contribution >= 4 is 39.1 Å². The van der Waals surface area contributed by atoms with Gasteiger partial charge in [0.25, 0.3) is 0 Å². The van der Waals surface area contributed by atoms with E-state index in [-0.39, 0.29) is 10.9 Å². The predicted molar refractivity (Wildman–Crippen MR) is 75.8 cm³/mol. The molecule has 2 atom stereocenters. The van der Waals surface area contributed by atoms with Gasteiger partial charge in [-0.15, -0.1) is 23.2 Å². The zero-order valence-corrected chi connectivity index (χ0v) is 12.4. The molecule has 0 saturated carbocycles. The molecule has 0 amide bonds. The summed E-state index contributed by atoms with van der Waals surface area (Å²) in [4.78, 5) is 0.0680. The maximum absolute atomic E-state index is 5.78. The summed E-state index contributed by atoms with van der Waals surface area (Å²) in [7, 11) is 0. The molecule has 1 aromatic rings. The SMILES string of the molecule is ClCC(Br)C(CCl)OCCOc1ccccc1. The molecule has 2 nitrogen and oxygen atoms in total. The molecule has 2 unspecified atom stereocenters. The lowest BCUT2D eigenvalue weighted by Crippen LogP contribution is -2.29. The van der Waals surface area contributed by atoms with Crippen LogP contribution in [0.5, 0.6) is 5.75 Å². The van der Waals surface area contributed by atoms with Gasteiger partial charge in [-0.2, -0.15) is 0 Å². The van der Waals surface area contributed by atoms with E-state index in [0.717, 1.165) is 5.75 Å². The molecule has 5 heteroatoms. The Morgan fingerprint density at radius 1 is 1.06 bits per heavy atom. The molecule has 96 valence electrons. The Labute approximate surface area is 120 Å². The van der Waals surface area contributed by atoms with Crippen LogP contribution in [0.25, 0.3) is 0 Å². The van der Waals surface area contributed by atoms with Gasteiger partial charge >= 0.3 is 0 Å². The van der Waals surface area contributed by atoms with Gasteiger partial charge in [0, 0.05) is 11.8 Å². The topological polar surface area (TPSA) is 18.5 Å². The third-order valence-electron chi connectivity index (χ3n) is 2.13. The molecule has 1 aromatic carbocycles. The number of para-hydroxylation sites is 1. The van der Waals surface area contributed by atoms with Crippen LogP contribution >= 0.6 is 39.1 Å². The van der Waals surface area contributed by atoms with Crippen LogP contribution in [0.15, 0.2) is 30.3 Å². The minimum atomic E-state index is -0.0893. The van der Waals surface area contributed by atoms with E-state index >= 15 is 0 Å². The van der Waals surface area contributed by atoms with Crippen molar-refractivity contribution in [1.82, 2.24) is 0 Å². The van der Waals surface area contributed by atoms with E-state index in [1.165, 1.54) is 0 Å². The number of halogens is 3. The quantitative estimate of drug-likeness (QED) is 0.530. The van der Waals surface area contributed by atoms with Crippen molar-refractivity contribution in [2.45, 2.75) is 10.9 Å². The van der Waals surface area contributed by atoms with E-state index in [1.807, 2.05) is 30.3 Å². The fourth-order valence-electron chi connectivity index (χ4n) is 1.22. The highest BCUT2D eigenvalue weighted by molar-refractivity contribution is 9.09. The van der Waals surface area contributed by atoms with Crippen molar-refractivity contribution in [3.63, 3.8) is 0 Å². The first-order chi connectivity index (χ1) is 8.27. The highest BCUT2D eigenvalue weighted by Gasteiger charge is 2.17. The van der Waals surface area contributed by atoms with Crippen LogP contribution in [0, 0.1) is 0 Å². The van der Waals surface area contributed by atoms with Crippen LogP contribution in [-0.2, 0) is 4.74 Å². The lowest BCUT2D eigenvalue weighted by atomic mass is 10.3. The van der Waals surface area contributed by atoms with E-state index in [1.54, 1.807) is 0 Å². The van der Waals surface area contributed by atoms with Gasteiger partial charge in [-0.1, -0.05) is 34.1 Å². The van der Waals surface area contributed by atoms with Gasteiger partial charge in [0.05, 0.1) is 17.5 Å². The fraction of sp³-hybridized carbons (Fsp3) is 0.500. The van der Waals surface area contributed by atoms with Crippen molar-refractivity contribution < 1.29 is 9.47 Å². The Morgan fingerprint density at radius 3 is 2.35 bits per heavy atom. The summed E-state index contributed by atoms with van der Waals surface area (Å²) >= 11 is 14.9. The molecule has 0 spiro atoms. The third kappa shape index (κ3) is 5.96. The second-order valence-corrected chi connectivity index (χ2v) is 5.19. The molecule has 0 aromatic heterocycles. The molecular formula is C12H15BrCl2O2. The van der Waals surface area contributed by atoms with Gasteiger partial charge in [-0.3, -0.25) is 0 Å². The van der Waals surface area contributed by atoms with Gasteiger partial charge in [0.15, 0.2) is 0 Å². The number of hydrogen-bond donors (Lipinski definition) is 0.